The Balaban J connectivity index is 1.95. The lowest BCUT2D eigenvalue weighted by Crippen LogP contribution is -2.32. The molecule has 1 atom stereocenters. The second-order valence-electron chi connectivity index (χ2n) is 7.17. The van der Waals surface area contributed by atoms with Crippen molar-refractivity contribution in [2.24, 2.45) is 10.7 Å². The van der Waals surface area contributed by atoms with Gasteiger partial charge >= 0.3 is 0 Å². The lowest BCUT2D eigenvalue weighted by atomic mass is 9.96. The molecule has 0 bridgehead atoms. The highest BCUT2D eigenvalue weighted by Gasteiger charge is 2.30. The molecule has 152 valence electrons. The normalized spacial score (nSPS) is 16.5. The van der Waals surface area contributed by atoms with Crippen molar-refractivity contribution in [2.45, 2.75) is 39.5 Å². The summed E-state index contributed by atoms with van der Waals surface area (Å²) in [5, 5.41) is 4.73. The third kappa shape index (κ3) is 4.63. The van der Waals surface area contributed by atoms with Crippen molar-refractivity contribution in [1.82, 2.24) is 5.32 Å². The Labute approximate surface area is 185 Å². The molecule has 0 unspecified atom stereocenters. The summed E-state index contributed by atoms with van der Waals surface area (Å²) in [6.45, 7) is 8.17. The average molecular weight is 448 g/mol. The van der Waals surface area contributed by atoms with Crippen LogP contribution in [0.5, 0.6) is 0 Å². The molecule has 0 spiro atoms. The van der Waals surface area contributed by atoms with Crippen LogP contribution in [-0.2, 0) is 10.5 Å². The van der Waals surface area contributed by atoms with E-state index >= 15 is 0 Å². The van der Waals surface area contributed by atoms with Crippen LogP contribution < -0.4 is 11.1 Å². The highest BCUT2D eigenvalue weighted by Crippen LogP contribution is 2.38. The van der Waals surface area contributed by atoms with Gasteiger partial charge in [0.1, 0.15) is 6.04 Å². The highest BCUT2D eigenvalue weighted by molar-refractivity contribution is 8.13. The first-order valence-electron chi connectivity index (χ1n) is 9.17. The summed E-state index contributed by atoms with van der Waals surface area (Å²) in [5.74, 6) is 0.230. The number of nitrogens with zero attached hydrogens (tertiary/aromatic N) is 1. The van der Waals surface area contributed by atoms with Crippen molar-refractivity contribution < 1.29 is 4.79 Å². The van der Waals surface area contributed by atoms with Crippen molar-refractivity contribution in [3.8, 4) is 0 Å². The zero-order chi connectivity index (χ0) is 21.3. The summed E-state index contributed by atoms with van der Waals surface area (Å²) in [7, 11) is 0. The second-order valence-corrected chi connectivity index (χ2v) is 8.92. The Morgan fingerprint density at radius 1 is 1.17 bits per heavy atom. The number of hydrogen-bond acceptors (Lipinski definition) is 4. The van der Waals surface area contributed by atoms with Crippen LogP contribution in [0, 0.1) is 20.8 Å². The first-order valence-corrected chi connectivity index (χ1v) is 10.9. The number of thioether (sulfide) groups is 1. The number of allylic oxidation sites excluding steroid dienone is 1. The van der Waals surface area contributed by atoms with E-state index in [1.165, 1.54) is 22.3 Å². The molecule has 7 heteroatoms. The topological polar surface area (TPSA) is 67.5 Å². The Hall–Kier alpha value is -1.95. The molecule has 2 aromatic carbocycles. The number of amides is 1. The number of aliphatic imine (C=N–C) groups is 1. The van der Waals surface area contributed by atoms with Crippen molar-refractivity contribution in [3.05, 3.63) is 79.5 Å². The SMILES string of the molecule is CC1=C(C(N)=O)[C@@H](c2cccc(Cl)c2Cl)N=C(SCc2c(C)cc(C)cc2C)N1. The van der Waals surface area contributed by atoms with Gasteiger partial charge < -0.3 is 11.1 Å². The van der Waals surface area contributed by atoms with Crippen molar-refractivity contribution in [1.29, 1.82) is 0 Å². The molecule has 0 aromatic heterocycles. The standard InChI is InChI=1S/C22H23Cl2N3OS/c1-11-8-12(2)16(13(3)9-11)10-29-22-26-14(4)18(21(25)28)20(27-22)15-6-5-7-17(23)19(15)24/h5-9,20H,10H2,1-4H3,(H2,25,28)(H,26,27)/t20-/m1/s1. The molecule has 2 aromatic rings. The second kappa shape index (κ2) is 8.82. The van der Waals surface area contributed by atoms with Gasteiger partial charge in [-0.3, -0.25) is 4.79 Å². The van der Waals surface area contributed by atoms with Crippen LogP contribution in [0.4, 0.5) is 0 Å². The maximum absolute atomic E-state index is 12.1. The van der Waals surface area contributed by atoms with Gasteiger partial charge in [-0.05, 0) is 50.5 Å². The predicted octanol–water partition coefficient (Wildman–Crippen LogP) is 5.61. The van der Waals surface area contributed by atoms with Gasteiger partial charge in [0.25, 0.3) is 0 Å². The molecule has 3 rings (SSSR count). The minimum Gasteiger partial charge on any atom is -0.366 e. The molecular weight excluding hydrogens is 425 g/mol. The largest absolute Gasteiger partial charge is 0.366 e. The lowest BCUT2D eigenvalue weighted by molar-refractivity contribution is -0.114. The smallest absolute Gasteiger partial charge is 0.248 e. The van der Waals surface area contributed by atoms with E-state index in [9.17, 15) is 4.79 Å². The summed E-state index contributed by atoms with van der Waals surface area (Å²) in [4.78, 5) is 16.9. The van der Waals surface area contributed by atoms with Crippen LogP contribution >= 0.6 is 35.0 Å². The molecular formula is C22H23Cl2N3OS. The number of primary amides is 1. The van der Waals surface area contributed by atoms with Crippen molar-refractivity contribution >= 4 is 46.0 Å². The molecule has 0 saturated carbocycles. The van der Waals surface area contributed by atoms with E-state index in [4.69, 9.17) is 33.9 Å². The molecule has 4 nitrogen and oxygen atoms in total. The van der Waals surface area contributed by atoms with Gasteiger partial charge in [-0.2, -0.15) is 0 Å². The van der Waals surface area contributed by atoms with Crippen LogP contribution in [0.25, 0.3) is 0 Å². The maximum atomic E-state index is 12.1. The fourth-order valence-corrected chi connectivity index (χ4v) is 5.13. The van der Waals surface area contributed by atoms with E-state index in [2.05, 4.69) is 38.2 Å². The number of nitrogens with one attached hydrogen (secondary N) is 1. The third-order valence-electron chi connectivity index (χ3n) is 4.95. The van der Waals surface area contributed by atoms with E-state index in [-0.39, 0.29) is 0 Å². The van der Waals surface area contributed by atoms with Gasteiger partial charge in [-0.25, -0.2) is 4.99 Å². The molecule has 0 fully saturated rings. The summed E-state index contributed by atoms with van der Waals surface area (Å²) in [6.07, 6.45) is 0. The van der Waals surface area contributed by atoms with E-state index in [1.807, 2.05) is 13.0 Å². The first-order chi connectivity index (χ1) is 13.7. The Morgan fingerprint density at radius 3 is 2.45 bits per heavy atom. The third-order valence-corrected chi connectivity index (χ3v) is 6.70. The van der Waals surface area contributed by atoms with Crippen LogP contribution in [0.3, 0.4) is 0 Å². The van der Waals surface area contributed by atoms with E-state index in [0.717, 1.165) is 5.75 Å². The minimum absolute atomic E-state index is 0.381. The van der Waals surface area contributed by atoms with Crippen LogP contribution in [-0.4, -0.2) is 11.1 Å². The fourth-order valence-electron chi connectivity index (χ4n) is 3.57. The van der Waals surface area contributed by atoms with Gasteiger partial charge in [0.2, 0.25) is 5.91 Å². The summed E-state index contributed by atoms with van der Waals surface area (Å²) in [5.41, 5.74) is 12.4. The minimum atomic E-state index is -0.595. The molecule has 1 heterocycles. The number of nitrogens with two attached hydrogens (primary N) is 1. The predicted molar refractivity (Wildman–Crippen MR) is 124 cm³/mol. The first kappa shape index (κ1) is 21.8. The number of benzene rings is 2. The van der Waals surface area contributed by atoms with Crippen molar-refractivity contribution in [2.75, 3.05) is 0 Å². The van der Waals surface area contributed by atoms with Crippen molar-refractivity contribution in [3.63, 3.8) is 0 Å². The maximum Gasteiger partial charge on any atom is 0.248 e. The molecule has 29 heavy (non-hydrogen) atoms. The van der Waals surface area contributed by atoms with Crippen LogP contribution in [0.2, 0.25) is 10.0 Å². The van der Waals surface area contributed by atoms with Crippen LogP contribution in [0.1, 0.15) is 40.8 Å². The van der Waals surface area contributed by atoms with Gasteiger partial charge in [0.05, 0.1) is 15.6 Å². The Bertz CT molecular complexity index is 1020. The van der Waals surface area contributed by atoms with E-state index in [0.29, 0.717) is 32.0 Å². The molecule has 1 aliphatic rings. The fraction of sp³-hybridized carbons (Fsp3) is 0.273. The summed E-state index contributed by atoms with van der Waals surface area (Å²) >= 11 is 14.2. The summed E-state index contributed by atoms with van der Waals surface area (Å²) < 4.78 is 0. The zero-order valence-corrected chi connectivity index (χ0v) is 19.1. The number of hydrogen-bond donors (Lipinski definition) is 2. The average Bonchev–Trinajstić information content (AvgIpc) is 2.62. The number of aryl methyl sites for hydroxylation is 3. The van der Waals surface area contributed by atoms with E-state index < -0.39 is 11.9 Å². The quantitative estimate of drug-likeness (QED) is 0.639. The zero-order valence-electron chi connectivity index (χ0n) is 16.8. The van der Waals surface area contributed by atoms with Gasteiger partial charge in [0, 0.05) is 17.0 Å². The number of amidine groups is 1. The van der Waals surface area contributed by atoms with Gasteiger partial charge in [-0.15, -0.1) is 0 Å². The summed E-state index contributed by atoms with van der Waals surface area (Å²) in [6, 6.07) is 9.09. The number of rotatable bonds is 4. The number of carbonyl (C=O) groups is 1. The van der Waals surface area contributed by atoms with Gasteiger partial charge in [0.15, 0.2) is 5.17 Å². The molecule has 1 amide bonds. The lowest BCUT2D eigenvalue weighted by Gasteiger charge is -2.26. The molecule has 3 N–H and O–H groups in total. The molecule has 1 aliphatic heterocycles. The van der Waals surface area contributed by atoms with Gasteiger partial charge in [-0.1, -0.05) is 64.8 Å². The van der Waals surface area contributed by atoms with E-state index in [1.54, 1.807) is 23.9 Å². The highest BCUT2D eigenvalue weighted by atomic mass is 35.5. The molecule has 0 saturated heterocycles. The Morgan fingerprint density at radius 2 is 1.83 bits per heavy atom. The monoisotopic (exact) mass is 447 g/mol. The Kier molecular flexibility index (Phi) is 6.62. The number of carbonyl (C=O) groups excluding carboxylic acids is 1. The van der Waals surface area contributed by atoms with Crippen LogP contribution in [0.15, 0.2) is 46.6 Å². The molecule has 0 aliphatic carbocycles. The number of halogens is 2. The molecule has 0 radical (unpaired) electrons.